The van der Waals surface area contributed by atoms with Crippen molar-refractivity contribution in [2.75, 3.05) is 10.7 Å². The minimum atomic E-state index is -3.71. The normalized spacial score (nSPS) is 14.9. The van der Waals surface area contributed by atoms with Gasteiger partial charge in [0, 0.05) is 11.8 Å². The highest BCUT2D eigenvalue weighted by Gasteiger charge is 2.43. The number of hydrogen-bond acceptors (Lipinski definition) is 7. The molecule has 1 aliphatic heterocycles. The molecular weight excluding hydrogens is 291 g/mol. The number of nitrogens with one attached hydrogen (secondary N) is 2. The quantitative estimate of drug-likeness (QED) is 0.589. The van der Waals surface area contributed by atoms with Crippen LogP contribution in [0.1, 0.15) is 0 Å². The van der Waals surface area contributed by atoms with Gasteiger partial charge in [-0.3, -0.25) is 5.43 Å². The molecular formula is C11H8F3N5O2. The lowest BCUT2D eigenvalue weighted by atomic mass is 10.3. The van der Waals surface area contributed by atoms with Gasteiger partial charge in [-0.1, -0.05) is 0 Å². The third kappa shape index (κ3) is 2.60. The highest BCUT2D eigenvalue weighted by Crippen LogP contribution is 2.42. The van der Waals surface area contributed by atoms with E-state index in [-0.39, 0.29) is 29.0 Å². The van der Waals surface area contributed by atoms with Gasteiger partial charge >= 0.3 is 6.29 Å². The number of hydrazine groups is 1. The average molecular weight is 299 g/mol. The summed E-state index contributed by atoms with van der Waals surface area (Å²) in [7, 11) is 0. The van der Waals surface area contributed by atoms with Crippen molar-refractivity contribution in [2.45, 2.75) is 6.29 Å². The van der Waals surface area contributed by atoms with Gasteiger partial charge in [-0.15, -0.1) is 8.78 Å². The average Bonchev–Trinajstić information content (AvgIpc) is 2.74. The first kappa shape index (κ1) is 13.2. The van der Waals surface area contributed by atoms with E-state index in [1.165, 1.54) is 18.2 Å². The maximum absolute atomic E-state index is 13.6. The van der Waals surface area contributed by atoms with Crippen molar-refractivity contribution in [3.8, 4) is 11.5 Å². The summed E-state index contributed by atoms with van der Waals surface area (Å²) in [6.07, 6.45) is -2.80. The second-order valence-corrected chi connectivity index (χ2v) is 3.99. The predicted molar refractivity (Wildman–Crippen MR) is 65.7 cm³/mol. The van der Waals surface area contributed by atoms with Crippen LogP contribution in [0.2, 0.25) is 0 Å². The number of aromatic nitrogens is 2. The summed E-state index contributed by atoms with van der Waals surface area (Å²) < 4.78 is 47.9. The summed E-state index contributed by atoms with van der Waals surface area (Å²) >= 11 is 0. The Bertz CT molecular complexity index is 698. The van der Waals surface area contributed by atoms with Gasteiger partial charge in [-0.05, 0) is 12.1 Å². The SMILES string of the molecule is NNc1ncc(F)c(Nc2ccc3c(c2)OC(F)(F)O3)n1. The van der Waals surface area contributed by atoms with E-state index < -0.39 is 12.1 Å². The largest absolute Gasteiger partial charge is 0.586 e. The molecule has 2 heterocycles. The molecule has 0 saturated heterocycles. The Balaban J connectivity index is 1.87. The van der Waals surface area contributed by atoms with Gasteiger partial charge in [-0.25, -0.2) is 15.2 Å². The molecule has 3 rings (SSSR count). The van der Waals surface area contributed by atoms with Crippen molar-refractivity contribution in [3.63, 3.8) is 0 Å². The number of nitrogens with zero attached hydrogens (tertiary/aromatic N) is 2. The molecule has 0 aliphatic carbocycles. The van der Waals surface area contributed by atoms with Crippen LogP contribution in [0.25, 0.3) is 0 Å². The Kier molecular flexibility index (Phi) is 2.94. The van der Waals surface area contributed by atoms with E-state index in [0.29, 0.717) is 0 Å². The van der Waals surface area contributed by atoms with Gasteiger partial charge < -0.3 is 14.8 Å². The summed E-state index contributed by atoms with van der Waals surface area (Å²) in [4.78, 5) is 7.32. The van der Waals surface area contributed by atoms with Crippen molar-refractivity contribution in [3.05, 3.63) is 30.2 Å². The van der Waals surface area contributed by atoms with Crippen LogP contribution in [0.5, 0.6) is 11.5 Å². The molecule has 1 aliphatic rings. The number of hydrogen-bond donors (Lipinski definition) is 3. The molecule has 0 radical (unpaired) electrons. The number of fused-ring (bicyclic) bond motifs is 1. The lowest BCUT2D eigenvalue weighted by Crippen LogP contribution is -2.25. The maximum Gasteiger partial charge on any atom is 0.586 e. The van der Waals surface area contributed by atoms with Crippen LogP contribution in [-0.2, 0) is 0 Å². The second-order valence-electron chi connectivity index (χ2n) is 3.99. The molecule has 10 heteroatoms. The highest BCUT2D eigenvalue weighted by molar-refractivity contribution is 5.62. The van der Waals surface area contributed by atoms with Gasteiger partial charge in [0.1, 0.15) is 0 Å². The molecule has 2 aromatic rings. The molecule has 0 unspecified atom stereocenters. The van der Waals surface area contributed by atoms with Crippen LogP contribution in [-0.4, -0.2) is 16.3 Å². The number of nitrogen functional groups attached to an aromatic ring is 1. The first-order valence-corrected chi connectivity index (χ1v) is 5.63. The minimum absolute atomic E-state index is 0.00817. The van der Waals surface area contributed by atoms with Crippen LogP contribution in [0.3, 0.4) is 0 Å². The van der Waals surface area contributed by atoms with Crippen LogP contribution >= 0.6 is 0 Å². The van der Waals surface area contributed by atoms with E-state index in [1.807, 2.05) is 0 Å². The third-order valence-corrected chi connectivity index (χ3v) is 2.54. The molecule has 0 spiro atoms. The summed E-state index contributed by atoms with van der Waals surface area (Å²) in [5.74, 6) is 3.91. The van der Waals surface area contributed by atoms with Gasteiger partial charge in [0.05, 0.1) is 6.20 Å². The molecule has 0 bridgehead atoms. The zero-order valence-corrected chi connectivity index (χ0v) is 10.2. The summed E-state index contributed by atoms with van der Waals surface area (Å²) in [5.41, 5.74) is 2.43. The predicted octanol–water partition coefficient (Wildman–Crippen LogP) is 1.97. The molecule has 21 heavy (non-hydrogen) atoms. The van der Waals surface area contributed by atoms with Crippen LogP contribution < -0.4 is 26.1 Å². The Morgan fingerprint density at radius 1 is 1.19 bits per heavy atom. The molecule has 4 N–H and O–H groups in total. The van der Waals surface area contributed by atoms with E-state index in [1.54, 1.807) is 0 Å². The topological polar surface area (TPSA) is 94.3 Å². The Hall–Kier alpha value is -2.75. The first-order valence-electron chi connectivity index (χ1n) is 5.63. The van der Waals surface area contributed by atoms with Crippen molar-refractivity contribution in [1.29, 1.82) is 0 Å². The van der Waals surface area contributed by atoms with Crippen LogP contribution in [0, 0.1) is 5.82 Å². The van der Waals surface area contributed by atoms with Crippen LogP contribution in [0.4, 0.5) is 30.6 Å². The number of halogens is 3. The molecule has 110 valence electrons. The van der Waals surface area contributed by atoms with Gasteiger partial charge in [0.25, 0.3) is 0 Å². The lowest BCUT2D eigenvalue weighted by molar-refractivity contribution is -0.286. The lowest BCUT2D eigenvalue weighted by Gasteiger charge is -2.08. The molecule has 7 nitrogen and oxygen atoms in total. The monoisotopic (exact) mass is 299 g/mol. The van der Waals surface area contributed by atoms with E-state index >= 15 is 0 Å². The molecule has 0 amide bonds. The summed E-state index contributed by atoms with van der Waals surface area (Å²) in [6.45, 7) is 0. The fourth-order valence-corrected chi connectivity index (χ4v) is 1.69. The summed E-state index contributed by atoms with van der Waals surface area (Å²) in [6, 6.07) is 3.90. The van der Waals surface area contributed by atoms with E-state index in [2.05, 4.69) is 30.2 Å². The van der Waals surface area contributed by atoms with Gasteiger partial charge in [0.15, 0.2) is 23.1 Å². The number of nitrogens with two attached hydrogens (primary N) is 1. The Labute approximate surface area is 115 Å². The number of ether oxygens (including phenoxy) is 2. The smallest absolute Gasteiger partial charge is 0.395 e. The van der Waals surface area contributed by atoms with Crippen molar-refractivity contribution in [1.82, 2.24) is 9.97 Å². The Morgan fingerprint density at radius 3 is 2.71 bits per heavy atom. The Morgan fingerprint density at radius 2 is 1.95 bits per heavy atom. The molecule has 0 fully saturated rings. The second kappa shape index (κ2) is 4.66. The highest BCUT2D eigenvalue weighted by atomic mass is 19.3. The van der Waals surface area contributed by atoms with E-state index in [9.17, 15) is 13.2 Å². The van der Waals surface area contributed by atoms with E-state index in [0.717, 1.165) is 6.20 Å². The standard InChI is InChI=1S/C11H8F3N5O2/c12-6-4-16-10(19-15)18-9(6)17-5-1-2-7-8(3-5)21-11(13,14)20-7/h1-4H,15H2,(H2,16,17,18,19). The zero-order valence-electron chi connectivity index (χ0n) is 10.2. The number of anilines is 3. The molecule has 1 aromatic carbocycles. The number of benzene rings is 1. The fourth-order valence-electron chi connectivity index (χ4n) is 1.69. The summed E-state index contributed by atoms with van der Waals surface area (Å²) in [5, 5.41) is 2.60. The van der Waals surface area contributed by atoms with Crippen molar-refractivity contribution >= 4 is 17.5 Å². The molecule has 0 saturated carbocycles. The number of rotatable bonds is 3. The van der Waals surface area contributed by atoms with Crippen molar-refractivity contribution < 1.29 is 22.6 Å². The van der Waals surface area contributed by atoms with Gasteiger partial charge in [0.2, 0.25) is 5.95 Å². The van der Waals surface area contributed by atoms with Crippen molar-refractivity contribution in [2.24, 2.45) is 5.84 Å². The maximum atomic E-state index is 13.6. The van der Waals surface area contributed by atoms with Gasteiger partial charge in [-0.2, -0.15) is 4.98 Å². The molecule has 1 aromatic heterocycles. The number of alkyl halides is 2. The minimum Gasteiger partial charge on any atom is -0.395 e. The molecule has 0 atom stereocenters. The first-order chi connectivity index (χ1) is 9.97. The van der Waals surface area contributed by atoms with E-state index in [4.69, 9.17) is 5.84 Å². The fraction of sp³-hybridized carbons (Fsp3) is 0.0909. The zero-order chi connectivity index (χ0) is 15.0. The third-order valence-electron chi connectivity index (χ3n) is 2.54. The van der Waals surface area contributed by atoms with Crippen LogP contribution in [0.15, 0.2) is 24.4 Å².